The Morgan fingerprint density at radius 2 is 2.00 bits per heavy atom. The van der Waals surface area contributed by atoms with Crippen molar-refractivity contribution in [2.24, 2.45) is 0 Å². The van der Waals surface area contributed by atoms with Crippen molar-refractivity contribution < 1.29 is 13.9 Å². The first-order valence-corrected chi connectivity index (χ1v) is 8.29. The third-order valence-corrected chi connectivity index (χ3v) is 3.82. The van der Waals surface area contributed by atoms with Crippen LogP contribution in [0.15, 0.2) is 34.8 Å². The first-order chi connectivity index (χ1) is 10.9. The van der Waals surface area contributed by atoms with Crippen molar-refractivity contribution in [3.05, 3.63) is 51.2 Å². The Hall–Kier alpha value is -1.46. The van der Waals surface area contributed by atoms with E-state index in [1.165, 1.54) is 6.07 Å². The molecule has 0 aromatic heterocycles. The van der Waals surface area contributed by atoms with Crippen molar-refractivity contribution in [1.29, 1.82) is 0 Å². The van der Waals surface area contributed by atoms with Gasteiger partial charge in [-0.05, 0) is 44.2 Å². The minimum absolute atomic E-state index is 0.0177. The highest BCUT2D eigenvalue weighted by molar-refractivity contribution is 9.10. The molecule has 0 aliphatic rings. The fourth-order valence-electron chi connectivity index (χ4n) is 2.08. The van der Waals surface area contributed by atoms with Crippen LogP contribution in [0, 0.1) is 5.82 Å². The summed E-state index contributed by atoms with van der Waals surface area (Å²) in [6, 6.07) is 8.33. The average Bonchev–Trinajstić information content (AvgIpc) is 2.49. The van der Waals surface area contributed by atoms with Gasteiger partial charge >= 0.3 is 0 Å². The Kier molecular flexibility index (Phi) is 6.13. The van der Waals surface area contributed by atoms with Crippen LogP contribution in [0.5, 0.6) is 11.5 Å². The summed E-state index contributed by atoms with van der Waals surface area (Å²) in [5, 5.41) is 3.30. The molecular formula is C17H18BrClFNO2. The van der Waals surface area contributed by atoms with E-state index >= 15 is 0 Å². The van der Waals surface area contributed by atoms with Gasteiger partial charge in [-0.25, -0.2) is 4.39 Å². The SMILES string of the molecule is COc1cc(Br)cc(CNc2ccc(F)c(Cl)c2)c1OC(C)C. The number of rotatable bonds is 6. The first-order valence-electron chi connectivity index (χ1n) is 7.12. The van der Waals surface area contributed by atoms with Gasteiger partial charge in [-0.1, -0.05) is 27.5 Å². The Bertz CT molecular complexity index is 695. The zero-order chi connectivity index (χ0) is 17.0. The highest BCUT2D eigenvalue weighted by Gasteiger charge is 2.14. The monoisotopic (exact) mass is 401 g/mol. The number of ether oxygens (including phenoxy) is 2. The van der Waals surface area contributed by atoms with Crippen LogP contribution < -0.4 is 14.8 Å². The van der Waals surface area contributed by atoms with Crippen LogP contribution in [0.1, 0.15) is 19.4 Å². The lowest BCUT2D eigenvalue weighted by atomic mass is 10.1. The number of anilines is 1. The third kappa shape index (κ3) is 4.75. The van der Waals surface area contributed by atoms with Gasteiger partial charge in [0, 0.05) is 22.3 Å². The Morgan fingerprint density at radius 1 is 1.26 bits per heavy atom. The second kappa shape index (κ2) is 7.88. The zero-order valence-electron chi connectivity index (χ0n) is 13.1. The molecule has 1 N–H and O–H groups in total. The maximum atomic E-state index is 13.2. The van der Waals surface area contributed by atoms with Gasteiger partial charge in [0.25, 0.3) is 0 Å². The average molecular weight is 403 g/mol. The molecule has 0 unspecified atom stereocenters. The van der Waals surface area contributed by atoms with Crippen LogP contribution in [0.4, 0.5) is 10.1 Å². The lowest BCUT2D eigenvalue weighted by Gasteiger charge is -2.19. The molecule has 0 atom stereocenters. The quantitative estimate of drug-likeness (QED) is 0.677. The van der Waals surface area contributed by atoms with E-state index in [4.69, 9.17) is 21.1 Å². The van der Waals surface area contributed by atoms with E-state index in [1.807, 2.05) is 26.0 Å². The van der Waals surface area contributed by atoms with Crippen molar-refractivity contribution in [3.63, 3.8) is 0 Å². The molecule has 0 fully saturated rings. The fourth-order valence-corrected chi connectivity index (χ4v) is 2.74. The summed E-state index contributed by atoms with van der Waals surface area (Å²) in [5.74, 6) is 0.901. The Labute approximate surface area is 148 Å². The van der Waals surface area contributed by atoms with Crippen LogP contribution in [0.3, 0.4) is 0 Å². The Balaban J connectivity index is 2.26. The lowest BCUT2D eigenvalue weighted by molar-refractivity contribution is 0.228. The smallest absolute Gasteiger partial charge is 0.166 e. The van der Waals surface area contributed by atoms with Gasteiger partial charge < -0.3 is 14.8 Å². The molecule has 0 amide bonds. The van der Waals surface area contributed by atoms with Crippen LogP contribution in [0.25, 0.3) is 0 Å². The summed E-state index contributed by atoms with van der Waals surface area (Å²) in [5.41, 5.74) is 1.65. The second-order valence-electron chi connectivity index (χ2n) is 5.25. The topological polar surface area (TPSA) is 30.5 Å². The van der Waals surface area contributed by atoms with E-state index in [0.717, 1.165) is 15.7 Å². The van der Waals surface area contributed by atoms with Crippen LogP contribution >= 0.6 is 27.5 Å². The number of nitrogens with one attached hydrogen (secondary N) is 1. The van der Waals surface area contributed by atoms with Crippen LogP contribution in [0.2, 0.25) is 5.02 Å². The molecule has 0 saturated heterocycles. The molecule has 0 bridgehead atoms. The van der Waals surface area contributed by atoms with Gasteiger partial charge in [-0.2, -0.15) is 0 Å². The third-order valence-electron chi connectivity index (χ3n) is 3.07. The van der Waals surface area contributed by atoms with Gasteiger partial charge in [-0.15, -0.1) is 0 Å². The zero-order valence-corrected chi connectivity index (χ0v) is 15.5. The second-order valence-corrected chi connectivity index (χ2v) is 6.57. The Morgan fingerprint density at radius 3 is 2.61 bits per heavy atom. The molecule has 0 spiro atoms. The largest absolute Gasteiger partial charge is 0.493 e. The van der Waals surface area contributed by atoms with Crippen molar-refractivity contribution >= 4 is 33.2 Å². The van der Waals surface area contributed by atoms with E-state index in [2.05, 4.69) is 21.2 Å². The molecule has 0 radical (unpaired) electrons. The van der Waals surface area contributed by atoms with Crippen LogP contribution in [-0.4, -0.2) is 13.2 Å². The summed E-state index contributed by atoms with van der Waals surface area (Å²) in [4.78, 5) is 0. The molecule has 6 heteroatoms. The van der Waals surface area contributed by atoms with E-state index in [9.17, 15) is 4.39 Å². The summed E-state index contributed by atoms with van der Waals surface area (Å²) in [6.07, 6.45) is 0.0177. The normalized spacial score (nSPS) is 10.7. The number of halogens is 3. The van der Waals surface area contributed by atoms with Crippen molar-refractivity contribution in [2.75, 3.05) is 12.4 Å². The minimum Gasteiger partial charge on any atom is -0.493 e. The molecule has 0 saturated carbocycles. The van der Waals surface area contributed by atoms with E-state index in [0.29, 0.717) is 18.0 Å². The molecule has 2 rings (SSSR count). The van der Waals surface area contributed by atoms with Gasteiger partial charge in [0.1, 0.15) is 5.82 Å². The van der Waals surface area contributed by atoms with Crippen molar-refractivity contribution in [3.8, 4) is 11.5 Å². The van der Waals surface area contributed by atoms with E-state index in [1.54, 1.807) is 19.2 Å². The van der Waals surface area contributed by atoms with Gasteiger partial charge in [0.05, 0.1) is 18.2 Å². The maximum absolute atomic E-state index is 13.2. The molecule has 0 aliphatic carbocycles. The van der Waals surface area contributed by atoms with Gasteiger partial charge in [0.15, 0.2) is 11.5 Å². The number of methoxy groups -OCH3 is 1. The predicted molar refractivity (Wildman–Crippen MR) is 95.2 cm³/mol. The molecule has 0 heterocycles. The number of hydrogen-bond donors (Lipinski definition) is 1. The summed E-state index contributed by atoms with van der Waals surface area (Å²) in [6.45, 7) is 4.40. The number of benzene rings is 2. The molecule has 3 nitrogen and oxygen atoms in total. The van der Waals surface area contributed by atoms with Gasteiger partial charge in [0.2, 0.25) is 0 Å². The summed E-state index contributed by atoms with van der Waals surface area (Å²) >= 11 is 9.27. The summed E-state index contributed by atoms with van der Waals surface area (Å²) in [7, 11) is 1.60. The van der Waals surface area contributed by atoms with Crippen molar-refractivity contribution in [1.82, 2.24) is 0 Å². The predicted octanol–water partition coefficient (Wildman–Crippen LogP) is 5.65. The highest BCUT2D eigenvalue weighted by atomic mass is 79.9. The molecule has 124 valence electrons. The fraction of sp³-hybridized carbons (Fsp3) is 0.294. The van der Waals surface area contributed by atoms with Crippen molar-refractivity contribution in [2.45, 2.75) is 26.5 Å². The summed E-state index contributed by atoms with van der Waals surface area (Å²) < 4.78 is 25.4. The first kappa shape index (κ1) is 17.9. The van der Waals surface area contributed by atoms with Gasteiger partial charge in [-0.3, -0.25) is 0 Å². The molecule has 2 aromatic rings. The highest BCUT2D eigenvalue weighted by Crippen LogP contribution is 2.36. The molecule has 23 heavy (non-hydrogen) atoms. The maximum Gasteiger partial charge on any atom is 0.166 e. The standard InChI is InChI=1S/C17H18BrClFNO2/c1-10(2)23-17-11(6-12(18)7-16(17)22-3)9-21-13-4-5-15(20)14(19)8-13/h4-8,10,21H,9H2,1-3H3. The lowest BCUT2D eigenvalue weighted by Crippen LogP contribution is -2.11. The van der Waals surface area contributed by atoms with E-state index < -0.39 is 5.82 Å². The number of hydrogen-bond acceptors (Lipinski definition) is 3. The van der Waals surface area contributed by atoms with E-state index in [-0.39, 0.29) is 11.1 Å². The molecular weight excluding hydrogens is 385 g/mol. The van der Waals surface area contributed by atoms with Crippen LogP contribution in [-0.2, 0) is 6.54 Å². The molecule has 0 aliphatic heterocycles. The molecule has 2 aromatic carbocycles. The minimum atomic E-state index is -0.440.